The van der Waals surface area contributed by atoms with Crippen LogP contribution in [0.3, 0.4) is 0 Å². The summed E-state index contributed by atoms with van der Waals surface area (Å²) in [6, 6.07) is 6.82. The molecule has 9 heteroatoms. The molecule has 3 aromatic rings. The maximum atomic E-state index is 13.8. The van der Waals surface area contributed by atoms with Crippen molar-refractivity contribution in [2.45, 2.75) is 11.8 Å². The average molecular weight is 373 g/mol. The van der Waals surface area contributed by atoms with Crippen LogP contribution in [0.4, 0.5) is 10.1 Å². The third-order valence-corrected chi connectivity index (χ3v) is 5.94. The zero-order valence-electron chi connectivity index (χ0n) is 11.7. The Morgan fingerprint density at radius 3 is 2.74 bits per heavy atom. The van der Waals surface area contributed by atoms with Gasteiger partial charge >= 0.3 is 0 Å². The van der Waals surface area contributed by atoms with Gasteiger partial charge in [-0.15, -0.1) is 11.3 Å². The van der Waals surface area contributed by atoms with Crippen LogP contribution in [0.15, 0.2) is 45.9 Å². The van der Waals surface area contributed by atoms with Crippen LogP contribution in [-0.2, 0) is 10.0 Å². The number of halogens is 2. The largest absolute Gasteiger partial charge is 0.355 e. The topological polar surface area (TPSA) is 72.2 Å². The fourth-order valence-electron chi connectivity index (χ4n) is 1.97. The van der Waals surface area contributed by atoms with Crippen molar-refractivity contribution in [2.24, 2.45) is 0 Å². The summed E-state index contributed by atoms with van der Waals surface area (Å²) in [5.41, 5.74) is -0.166. The molecule has 0 amide bonds. The highest BCUT2D eigenvalue weighted by Crippen LogP contribution is 2.34. The van der Waals surface area contributed by atoms with E-state index in [-0.39, 0.29) is 15.6 Å². The van der Waals surface area contributed by atoms with Crippen molar-refractivity contribution in [1.29, 1.82) is 0 Å². The van der Waals surface area contributed by atoms with Crippen molar-refractivity contribution in [2.75, 3.05) is 4.72 Å². The van der Waals surface area contributed by atoms with Gasteiger partial charge in [0, 0.05) is 16.0 Å². The van der Waals surface area contributed by atoms with Gasteiger partial charge < -0.3 is 4.52 Å². The summed E-state index contributed by atoms with van der Waals surface area (Å²) < 4.78 is 46.0. The molecule has 0 aliphatic rings. The molecule has 3 rings (SSSR count). The quantitative estimate of drug-likeness (QED) is 0.740. The molecule has 0 saturated carbocycles. The lowest BCUT2D eigenvalue weighted by molar-refractivity contribution is 0.433. The molecule has 0 aliphatic heterocycles. The van der Waals surface area contributed by atoms with Crippen molar-refractivity contribution in [3.05, 3.63) is 52.2 Å². The van der Waals surface area contributed by atoms with Gasteiger partial charge in [-0.1, -0.05) is 16.8 Å². The Labute approximate surface area is 140 Å². The number of hydrogen-bond donors (Lipinski definition) is 1. The molecule has 0 spiro atoms. The van der Waals surface area contributed by atoms with Crippen molar-refractivity contribution in [3.63, 3.8) is 0 Å². The summed E-state index contributed by atoms with van der Waals surface area (Å²) >= 11 is 6.91. The monoisotopic (exact) mass is 372 g/mol. The van der Waals surface area contributed by atoms with Gasteiger partial charge in [-0.05, 0) is 31.2 Å². The van der Waals surface area contributed by atoms with Gasteiger partial charge in [-0.3, -0.25) is 4.72 Å². The minimum absolute atomic E-state index is 0.0586. The van der Waals surface area contributed by atoms with Crippen LogP contribution in [-0.4, -0.2) is 13.6 Å². The van der Waals surface area contributed by atoms with E-state index in [4.69, 9.17) is 16.1 Å². The van der Waals surface area contributed by atoms with Crippen LogP contribution in [0.25, 0.3) is 10.6 Å². The maximum Gasteiger partial charge on any atom is 0.263 e. The number of thiophene rings is 1. The summed E-state index contributed by atoms with van der Waals surface area (Å²) in [5.74, 6) is -0.276. The lowest BCUT2D eigenvalue weighted by atomic mass is 10.3. The molecule has 1 N–H and O–H groups in total. The first-order valence-corrected chi connectivity index (χ1v) is 9.04. The number of sulfonamides is 1. The number of aromatic nitrogens is 1. The fourth-order valence-corrected chi connectivity index (χ4v) is 4.74. The molecule has 5 nitrogen and oxygen atoms in total. The molecule has 120 valence electrons. The third kappa shape index (κ3) is 3.24. The second kappa shape index (κ2) is 5.95. The van der Waals surface area contributed by atoms with E-state index in [2.05, 4.69) is 9.88 Å². The normalized spacial score (nSPS) is 11.6. The predicted molar refractivity (Wildman–Crippen MR) is 86.8 cm³/mol. The number of benzene rings is 1. The van der Waals surface area contributed by atoms with E-state index in [1.54, 1.807) is 13.0 Å². The van der Waals surface area contributed by atoms with Gasteiger partial charge in [0.1, 0.15) is 10.7 Å². The van der Waals surface area contributed by atoms with Crippen LogP contribution in [0.2, 0.25) is 5.02 Å². The van der Waals surface area contributed by atoms with Crippen molar-refractivity contribution >= 4 is 38.6 Å². The first-order chi connectivity index (χ1) is 10.9. The van der Waals surface area contributed by atoms with Crippen LogP contribution in [0.1, 0.15) is 4.88 Å². The standard InChI is InChI=1S/C14H10ClFN2O3S2/c1-8-14(7-13(22-8)12-4-5-17-21-12)23(19,20)18-11-3-2-9(15)6-10(11)16/h2-7,18H,1H3. The highest BCUT2D eigenvalue weighted by Gasteiger charge is 2.22. The van der Waals surface area contributed by atoms with Gasteiger partial charge in [0.15, 0.2) is 5.76 Å². The minimum atomic E-state index is -3.93. The first kappa shape index (κ1) is 16.0. The highest BCUT2D eigenvalue weighted by atomic mass is 35.5. The third-order valence-electron chi connectivity index (χ3n) is 3.02. The summed E-state index contributed by atoms with van der Waals surface area (Å²) in [5, 5.41) is 3.78. The van der Waals surface area contributed by atoms with E-state index >= 15 is 0 Å². The van der Waals surface area contributed by atoms with E-state index < -0.39 is 15.8 Å². The summed E-state index contributed by atoms with van der Waals surface area (Å²) in [7, 11) is -3.93. The van der Waals surface area contributed by atoms with E-state index in [9.17, 15) is 12.8 Å². The van der Waals surface area contributed by atoms with Crippen LogP contribution in [0.5, 0.6) is 0 Å². The zero-order chi connectivity index (χ0) is 16.6. The Kier molecular flexibility index (Phi) is 4.13. The predicted octanol–water partition coefficient (Wildman–Crippen LogP) is 4.30. The summed E-state index contributed by atoms with van der Waals surface area (Å²) in [6.45, 7) is 1.66. The molecule has 0 saturated heterocycles. The number of hydrogen-bond acceptors (Lipinski definition) is 5. The SMILES string of the molecule is Cc1sc(-c2ccno2)cc1S(=O)(=O)Nc1ccc(Cl)cc1F. The van der Waals surface area contributed by atoms with Crippen LogP contribution < -0.4 is 4.72 Å². The van der Waals surface area contributed by atoms with E-state index in [1.165, 1.54) is 35.7 Å². The van der Waals surface area contributed by atoms with E-state index in [0.717, 1.165) is 6.07 Å². The minimum Gasteiger partial charge on any atom is -0.355 e. The molecule has 0 atom stereocenters. The lowest BCUT2D eigenvalue weighted by Gasteiger charge is -2.08. The molecular formula is C14H10ClFN2O3S2. The summed E-state index contributed by atoms with van der Waals surface area (Å²) in [6.07, 6.45) is 1.47. The lowest BCUT2D eigenvalue weighted by Crippen LogP contribution is -2.14. The Hall–Kier alpha value is -1.90. The molecule has 0 aliphatic carbocycles. The molecule has 2 heterocycles. The molecule has 0 unspecified atom stereocenters. The molecule has 1 aromatic carbocycles. The van der Waals surface area contributed by atoms with E-state index in [1.807, 2.05) is 0 Å². The number of nitrogens with one attached hydrogen (secondary N) is 1. The second-order valence-electron chi connectivity index (χ2n) is 4.64. The number of anilines is 1. The van der Waals surface area contributed by atoms with Crippen LogP contribution >= 0.6 is 22.9 Å². The number of rotatable bonds is 4. The highest BCUT2D eigenvalue weighted by molar-refractivity contribution is 7.93. The molecule has 0 bridgehead atoms. The molecule has 0 fully saturated rings. The Morgan fingerprint density at radius 2 is 2.09 bits per heavy atom. The zero-order valence-corrected chi connectivity index (χ0v) is 14.1. The Morgan fingerprint density at radius 1 is 1.30 bits per heavy atom. The second-order valence-corrected chi connectivity index (χ2v) is 7.98. The van der Waals surface area contributed by atoms with Crippen molar-refractivity contribution in [1.82, 2.24) is 5.16 Å². The smallest absolute Gasteiger partial charge is 0.263 e. The molecule has 2 aromatic heterocycles. The maximum absolute atomic E-state index is 13.8. The fraction of sp³-hybridized carbons (Fsp3) is 0.0714. The van der Waals surface area contributed by atoms with Gasteiger partial charge in [0.2, 0.25) is 0 Å². The van der Waals surface area contributed by atoms with Crippen molar-refractivity contribution in [3.8, 4) is 10.6 Å². The number of nitrogens with zero attached hydrogens (tertiary/aromatic N) is 1. The molecular weight excluding hydrogens is 363 g/mol. The molecule has 23 heavy (non-hydrogen) atoms. The average Bonchev–Trinajstić information content (AvgIpc) is 3.11. The Bertz CT molecular complexity index is 953. The van der Waals surface area contributed by atoms with Gasteiger partial charge in [0.05, 0.1) is 16.8 Å². The van der Waals surface area contributed by atoms with Crippen LogP contribution in [0, 0.1) is 12.7 Å². The van der Waals surface area contributed by atoms with Crippen molar-refractivity contribution < 1.29 is 17.3 Å². The van der Waals surface area contributed by atoms with Gasteiger partial charge in [-0.2, -0.15) is 0 Å². The van der Waals surface area contributed by atoms with Gasteiger partial charge in [0.25, 0.3) is 10.0 Å². The first-order valence-electron chi connectivity index (χ1n) is 6.36. The molecule has 0 radical (unpaired) electrons. The number of aryl methyl sites for hydroxylation is 1. The summed E-state index contributed by atoms with van der Waals surface area (Å²) in [4.78, 5) is 1.23. The Balaban J connectivity index is 1.97. The van der Waals surface area contributed by atoms with E-state index in [0.29, 0.717) is 15.5 Å². The van der Waals surface area contributed by atoms with Gasteiger partial charge in [-0.25, -0.2) is 12.8 Å².